The second kappa shape index (κ2) is 10.0. The van der Waals surface area contributed by atoms with E-state index in [-0.39, 0.29) is 5.82 Å². The van der Waals surface area contributed by atoms with Crippen LogP contribution in [0.15, 0.2) is 130 Å². The van der Waals surface area contributed by atoms with Crippen molar-refractivity contribution in [2.45, 2.75) is 13.8 Å². The zero-order chi connectivity index (χ0) is 29.9. The Balaban J connectivity index is 1.24. The molecule has 0 aliphatic heterocycles. The van der Waals surface area contributed by atoms with Crippen LogP contribution in [0.4, 0.5) is 32.8 Å². The first-order chi connectivity index (χ1) is 21.4. The number of furan rings is 2. The molecule has 8 aromatic rings. The van der Waals surface area contributed by atoms with E-state index in [0.29, 0.717) is 0 Å². The second-order valence-electron chi connectivity index (χ2n) is 11.5. The molecule has 0 atom stereocenters. The van der Waals surface area contributed by atoms with Gasteiger partial charge in [0, 0.05) is 75.2 Å². The molecule has 0 unspecified atom stereocenters. The van der Waals surface area contributed by atoms with Gasteiger partial charge in [-0.2, -0.15) is 0 Å². The van der Waals surface area contributed by atoms with Gasteiger partial charge in [0.05, 0.1) is 0 Å². The summed E-state index contributed by atoms with van der Waals surface area (Å²) in [4.78, 5) is 4.25. The minimum absolute atomic E-state index is 0.252. The van der Waals surface area contributed by atoms with Crippen molar-refractivity contribution in [3.8, 4) is 0 Å². The maximum atomic E-state index is 13.5. The normalized spacial score (nSPS) is 11.6. The highest BCUT2D eigenvalue weighted by Gasteiger charge is 2.18. The molecule has 0 aliphatic carbocycles. The van der Waals surface area contributed by atoms with E-state index in [4.69, 9.17) is 8.83 Å². The highest BCUT2D eigenvalue weighted by Crippen LogP contribution is 2.41. The van der Waals surface area contributed by atoms with Crippen molar-refractivity contribution < 1.29 is 13.2 Å². The Kier molecular flexibility index (Phi) is 5.95. The summed E-state index contributed by atoms with van der Waals surface area (Å²) in [5, 5.41) is 4.31. The van der Waals surface area contributed by atoms with Crippen molar-refractivity contribution in [2.24, 2.45) is 0 Å². The van der Waals surface area contributed by atoms with Gasteiger partial charge in [-0.05, 0) is 98.3 Å². The lowest BCUT2D eigenvalue weighted by Crippen LogP contribution is -2.09. The van der Waals surface area contributed by atoms with Crippen molar-refractivity contribution in [3.63, 3.8) is 0 Å². The molecule has 5 heteroatoms. The lowest BCUT2D eigenvalue weighted by atomic mass is 10.1. The van der Waals surface area contributed by atoms with Crippen LogP contribution in [0, 0.1) is 19.7 Å². The van der Waals surface area contributed by atoms with Crippen LogP contribution in [-0.4, -0.2) is 7.05 Å². The number of rotatable bonds is 5. The van der Waals surface area contributed by atoms with Gasteiger partial charge >= 0.3 is 0 Å². The summed E-state index contributed by atoms with van der Waals surface area (Å²) in [5.41, 5.74) is 10.6. The Bertz CT molecular complexity index is 2330. The number of benzene rings is 6. The average molecular weight is 577 g/mol. The molecule has 0 saturated carbocycles. The summed E-state index contributed by atoms with van der Waals surface area (Å²) in [6, 6.07) is 40.3. The number of fused-ring (bicyclic) bond motifs is 6. The summed E-state index contributed by atoms with van der Waals surface area (Å²) < 4.78 is 26.3. The quantitative estimate of drug-likeness (QED) is 0.204. The first kappa shape index (κ1) is 26.1. The molecule has 0 saturated heterocycles. The SMILES string of the molecule is Cc1ccc(N(c2ccc3c(c2)oc2cc(C)ccc23)c2ccc3c(c2)oc2cc(N(C)c4ccc(F)cc4)ccc23)cc1. The van der Waals surface area contributed by atoms with Crippen LogP contribution in [0.5, 0.6) is 0 Å². The fraction of sp³-hybridized carbons (Fsp3) is 0.0769. The van der Waals surface area contributed by atoms with E-state index in [2.05, 4.69) is 110 Å². The number of hydrogen-bond acceptors (Lipinski definition) is 4. The van der Waals surface area contributed by atoms with E-state index < -0.39 is 0 Å². The third kappa shape index (κ3) is 4.36. The predicted octanol–water partition coefficient (Wildman–Crippen LogP) is 11.5. The number of hydrogen-bond donors (Lipinski definition) is 0. The van der Waals surface area contributed by atoms with E-state index in [1.165, 1.54) is 23.3 Å². The highest BCUT2D eigenvalue weighted by molar-refractivity contribution is 6.08. The summed E-state index contributed by atoms with van der Waals surface area (Å²) in [7, 11) is 1.97. The molecule has 44 heavy (non-hydrogen) atoms. The van der Waals surface area contributed by atoms with Gasteiger partial charge in [0.25, 0.3) is 0 Å². The van der Waals surface area contributed by atoms with Crippen molar-refractivity contribution in [3.05, 3.63) is 138 Å². The standard InChI is InChI=1S/C39H29FN2O2/c1-24-4-9-28(10-5-24)42(30-14-18-34-32-16-6-25(2)20-36(32)43-38(34)22-30)31-15-19-35-33-17-13-29(21-37(33)44-39(35)23-31)41(3)27-11-7-26(40)8-12-27/h4-23H,1-3H3. The molecule has 214 valence electrons. The minimum Gasteiger partial charge on any atom is -0.456 e. The number of halogens is 1. The molecular weight excluding hydrogens is 547 g/mol. The van der Waals surface area contributed by atoms with Crippen LogP contribution in [0.3, 0.4) is 0 Å². The maximum absolute atomic E-state index is 13.5. The third-order valence-electron chi connectivity index (χ3n) is 8.46. The Morgan fingerprint density at radius 1 is 0.432 bits per heavy atom. The Hall–Kier alpha value is -5.55. The molecule has 0 spiro atoms. The summed E-state index contributed by atoms with van der Waals surface area (Å²) in [6.07, 6.45) is 0. The third-order valence-corrected chi connectivity index (χ3v) is 8.46. The molecule has 6 aromatic carbocycles. The van der Waals surface area contributed by atoms with Crippen molar-refractivity contribution in [1.29, 1.82) is 0 Å². The minimum atomic E-state index is -0.252. The number of nitrogens with zero attached hydrogens (tertiary/aromatic N) is 2. The van der Waals surface area contributed by atoms with Crippen LogP contribution in [0.25, 0.3) is 43.9 Å². The number of anilines is 5. The molecule has 0 aliphatic rings. The van der Waals surface area contributed by atoms with E-state index in [9.17, 15) is 4.39 Å². The molecule has 0 N–H and O–H groups in total. The Morgan fingerprint density at radius 2 is 0.841 bits per heavy atom. The Morgan fingerprint density at radius 3 is 1.41 bits per heavy atom. The molecule has 0 radical (unpaired) electrons. The molecule has 2 aromatic heterocycles. The van der Waals surface area contributed by atoms with Crippen LogP contribution in [-0.2, 0) is 0 Å². The summed E-state index contributed by atoms with van der Waals surface area (Å²) in [6.45, 7) is 4.18. The fourth-order valence-corrected chi connectivity index (χ4v) is 6.07. The van der Waals surface area contributed by atoms with E-state index in [0.717, 1.165) is 72.3 Å². The first-order valence-corrected chi connectivity index (χ1v) is 14.7. The lowest BCUT2D eigenvalue weighted by Gasteiger charge is -2.25. The van der Waals surface area contributed by atoms with E-state index in [1.54, 1.807) is 12.1 Å². The molecule has 8 rings (SSSR count). The molecule has 0 bridgehead atoms. The van der Waals surface area contributed by atoms with Crippen molar-refractivity contribution >= 4 is 72.3 Å². The molecular formula is C39H29FN2O2. The van der Waals surface area contributed by atoms with Crippen molar-refractivity contribution in [1.82, 2.24) is 0 Å². The molecule has 0 amide bonds. The largest absolute Gasteiger partial charge is 0.456 e. The van der Waals surface area contributed by atoms with Gasteiger partial charge in [-0.25, -0.2) is 4.39 Å². The van der Waals surface area contributed by atoms with Gasteiger partial charge in [-0.15, -0.1) is 0 Å². The zero-order valence-corrected chi connectivity index (χ0v) is 24.6. The van der Waals surface area contributed by atoms with Gasteiger partial charge < -0.3 is 18.6 Å². The van der Waals surface area contributed by atoms with Crippen LogP contribution >= 0.6 is 0 Å². The van der Waals surface area contributed by atoms with Crippen LogP contribution in [0.1, 0.15) is 11.1 Å². The van der Waals surface area contributed by atoms with Crippen LogP contribution in [0.2, 0.25) is 0 Å². The average Bonchev–Trinajstić information content (AvgIpc) is 3.58. The smallest absolute Gasteiger partial charge is 0.137 e. The predicted molar refractivity (Wildman–Crippen MR) is 180 cm³/mol. The van der Waals surface area contributed by atoms with Gasteiger partial charge in [-0.3, -0.25) is 0 Å². The highest BCUT2D eigenvalue weighted by atomic mass is 19.1. The zero-order valence-electron chi connectivity index (χ0n) is 24.6. The van der Waals surface area contributed by atoms with Crippen LogP contribution < -0.4 is 9.80 Å². The van der Waals surface area contributed by atoms with Gasteiger partial charge in [0.1, 0.15) is 28.1 Å². The Labute approximate surface area is 254 Å². The van der Waals surface area contributed by atoms with Gasteiger partial charge in [0.2, 0.25) is 0 Å². The molecule has 0 fully saturated rings. The topological polar surface area (TPSA) is 32.8 Å². The van der Waals surface area contributed by atoms with Gasteiger partial charge in [0.15, 0.2) is 0 Å². The fourth-order valence-electron chi connectivity index (χ4n) is 6.07. The number of aryl methyl sites for hydroxylation is 2. The van der Waals surface area contributed by atoms with Crippen molar-refractivity contribution in [2.75, 3.05) is 16.8 Å². The lowest BCUT2D eigenvalue weighted by molar-refractivity contribution is 0.628. The van der Waals surface area contributed by atoms with E-state index in [1.807, 2.05) is 18.0 Å². The second-order valence-corrected chi connectivity index (χ2v) is 11.5. The monoisotopic (exact) mass is 576 g/mol. The van der Waals surface area contributed by atoms with Gasteiger partial charge in [-0.1, -0.05) is 29.8 Å². The van der Waals surface area contributed by atoms with E-state index >= 15 is 0 Å². The molecule has 2 heterocycles. The first-order valence-electron chi connectivity index (χ1n) is 14.7. The summed E-state index contributed by atoms with van der Waals surface area (Å²) in [5.74, 6) is -0.252. The summed E-state index contributed by atoms with van der Waals surface area (Å²) >= 11 is 0. The molecule has 4 nitrogen and oxygen atoms in total. The maximum Gasteiger partial charge on any atom is 0.137 e.